The van der Waals surface area contributed by atoms with Crippen LogP contribution < -0.4 is 9.47 Å². The van der Waals surface area contributed by atoms with Crippen LogP contribution in [0, 0.1) is 5.92 Å². The highest BCUT2D eigenvalue weighted by atomic mass is 16.5. The standard InChI is InChI=1S/C26H39NO2/c1-4-6-7-8-9-10-11-12-19-28-25-17-18-26(27-20-25)23-13-15-24(16-14-23)29-21-22(3)5-2/h13-18,20,22H,4-12,19,21H2,1-3H3. The number of aromatic nitrogens is 1. The summed E-state index contributed by atoms with van der Waals surface area (Å²) in [6, 6.07) is 12.2. The van der Waals surface area contributed by atoms with E-state index in [4.69, 9.17) is 9.47 Å². The van der Waals surface area contributed by atoms with Crippen molar-refractivity contribution in [3.05, 3.63) is 42.6 Å². The molecule has 0 N–H and O–H groups in total. The van der Waals surface area contributed by atoms with Gasteiger partial charge in [0.2, 0.25) is 0 Å². The van der Waals surface area contributed by atoms with Gasteiger partial charge in [0.25, 0.3) is 0 Å². The summed E-state index contributed by atoms with van der Waals surface area (Å²) in [5.41, 5.74) is 2.05. The first-order chi connectivity index (χ1) is 14.2. The third-order valence-corrected chi connectivity index (χ3v) is 5.38. The average molecular weight is 398 g/mol. The molecule has 2 aromatic rings. The molecular formula is C26H39NO2. The first-order valence-corrected chi connectivity index (χ1v) is 11.5. The summed E-state index contributed by atoms with van der Waals surface area (Å²) in [5, 5.41) is 0. The molecular weight excluding hydrogens is 358 g/mol. The van der Waals surface area contributed by atoms with Crippen LogP contribution in [0.25, 0.3) is 11.3 Å². The first-order valence-electron chi connectivity index (χ1n) is 11.5. The van der Waals surface area contributed by atoms with Gasteiger partial charge >= 0.3 is 0 Å². The van der Waals surface area contributed by atoms with E-state index in [0.717, 1.165) is 48.8 Å². The number of ether oxygens (including phenoxy) is 2. The highest BCUT2D eigenvalue weighted by Gasteiger charge is 2.03. The van der Waals surface area contributed by atoms with Gasteiger partial charge in [0.15, 0.2) is 0 Å². The maximum absolute atomic E-state index is 5.84. The lowest BCUT2D eigenvalue weighted by Gasteiger charge is -2.11. The molecule has 0 aliphatic rings. The molecule has 160 valence electrons. The van der Waals surface area contributed by atoms with Gasteiger partial charge < -0.3 is 9.47 Å². The van der Waals surface area contributed by atoms with Crippen molar-refractivity contribution >= 4 is 0 Å². The molecule has 1 unspecified atom stereocenters. The van der Waals surface area contributed by atoms with E-state index in [1.807, 2.05) is 30.5 Å². The highest BCUT2D eigenvalue weighted by molar-refractivity contribution is 5.60. The summed E-state index contributed by atoms with van der Waals surface area (Å²) in [5.74, 6) is 2.35. The van der Waals surface area contributed by atoms with E-state index in [-0.39, 0.29) is 0 Å². The second-order valence-electron chi connectivity index (χ2n) is 8.05. The predicted molar refractivity (Wildman–Crippen MR) is 123 cm³/mol. The fraction of sp³-hybridized carbons (Fsp3) is 0.577. The van der Waals surface area contributed by atoms with E-state index in [1.54, 1.807) is 0 Å². The van der Waals surface area contributed by atoms with Gasteiger partial charge in [0.1, 0.15) is 11.5 Å². The summed E-state index contributed by atoms with van der Waals surface area (Å²) in [6.45, 7) is 8.19. The number of nitrogens with zero attached hydrogens (tertiary/aromatic N) is 1. The van der Waals surface area contributed by atoms with Crippen molar-refractivity contribution in [3.63, 3.8) is 0 Å². The van der Waals surface area contributed by atoms with E-state index >= 15 is 0 Å². The van der Waals surface area contributed by atoms with Crippen LogP contribution in [0.15, 0.2) is 42.6 Å². The first kappa shape index (κ1) is 23.3. The number of hydrogen-bond acceptors (Lipinski definition) is 3. The molecule has 2 rings (SSSR count). The number of pyridine rings is 1. The Morgan fingerprint density at radius 2 is 1.41 bits per heavy atom. The van der Waals surface area contributed by atoms with Gasteiger partial charge in [0, 0.05) is 5.56 Å². The molecule has 1 atom stereocenters. The monoisotopic (exact) mass is 397 g/mol. The summed E-state index contributed by atoms with van der Waals surface area (Å²) >= 11 is 0. The molecule has 1 heterocycles. The second kappa shape index (κ2) is 14.0. The van der Waals surface area contributed by atoms with Crippen molar-refractivity contribution in [1.82, 2.24) is 4.98 Å². The van der Waals surface area contributed by atoms with Crippen molar-refractivity contribution in [1.29, 1.82) is 0 Å². The Morgan fingerprint density at radius 3 is 2.03 bits per heavy atom. The van der Waals surface area contributed by atoms with E-state index in [1.165, 1.54) is 44.9 Å². The molecule has 0 saturated heterocycles. The van der Waals surface area contributed by atoms with Crippen LogP contribution in [0.2, 0.25) is 0 Å². The molecule has 0 spiro atoms. The zero-order chi connectivity index (χ0) is 20.7. The fourth-order valence-electron chi connectivity index (χ4n) is 3.14. The lowest BCUT2D eigenvalue weighted by Crippen LogP contribution is -2.06. The number of benzene rings is 1. The smallest absolute Gasteiger partial charge is 0.137 e. The SMILES string of the molecule is CCCCCCCCCCOc1ccc(-c2ccc(OCC(C)CC)cc2)nc1. The minimum Gasteiger partial charge on any atom is -0.493 e. The molecule has 1 aromatic heterocycles. The van der Waals surface area contributed by atoms with Crippen LogP contribution in [0.1, 0.15) is 78.6 Å². The Labute approximate surface area is 177 Å². The summed E-state index contributed by atoms with van der Waals surface area (Å²) in [6.07, 6.45) is 13.5. The molecule has 0 saturated carbocycles. The van der Waals surface area contributed by atoms with Crippen LogP contribution in [0.4, 0.5) is 0 Å². The van der Waals surface area contributed by atoms with Crippen molar-refractivity contribution < 1.29 is 9.47 Å². The predicted octanol–water partition coefficient (Wildman–Crippen LogP) is 7.69. The minimum absolute atomic E-state index is 0.578. The van der Waals surface area contributed by atoms with Gasteiger partial charge in [-0.3, -0.25) is 4.98 Å². The fourth-order valence-corrected chi connectivity index (χ4v) is 3.14. The lowest BCUT2D eigenvalue weighted by atomic mass is 10.1. The quantitative estimate of drug-likeness (QED) is 0.289. The molecule has 29 heavy (non-hydrogen) atoms. The normalized spacial score (nSPS) is 12.0. The van der Waals surface area contributed by atoms with Gasteiger partial charge in [-0.2, -0.15) is 0 Å². The summed E-state index contributed by atoms with van der Waals surface area (Å²) in [4.78, 5) is 4.56. The van der Waals surface area contributed by atoms with Gasteiger partial charge in [-0.25, -0.2) is 0 Å². The molecule has 0 bridgehead atoms. The van der Waals surface area contributed by atoms with Gasteiger partial charge in [0.05, 0.1) is 25.1 Å². The Morgan fingerprint density at radius 1 is 0.759 bits per heavy atom. The Bertz CT molecular complexity index is 651. The molecule has 0 fully saturated rings. The second-order valence-corrected chi connectivity index (χ2v) is 8.05. The van der Waals surface area contributed by atoms with Crippen LogP contribution >= 0.6 is 0 Å². The highest BCUT2D eigenvalue weighted by Crippen LogP contribution is 2.23. The summed E-state index contributed by atoms with van der Waals surface area (Å²) in [7, 11) is 0. The van der Waals surface area contributed by atoms with Crippen LogP contribution in [-0.4, -0.2) is 18.2 Å². The van der Waals surface area contributed by atoms with E-state index in [2.05, 4.69) is 37.9 Å². The molecule has 3 nitrogen and oxygen atoms in total. The number of rotatable bonds is 15. The average Bonchev–Trinajstić information content (AvgIpc) is 2.77. The summed E-state index contributed by atoms with van der Waals surface area (Å²) < 4.78 is 11.7. The van der Waals surface area contributed by atoms with Crippen molar-refractivity contribution in [2.75, 3.05) is 13.2 Å². The number of unbranched alkanes of at least 4 members (excludes halogenated alkanes) is 7. The maximum atomic E-state index is 5.84. The Balaban J connectivity index is 1.67. The molecule has 0 aliphatic carbocycles. The van der Waals surface area contributed by atoms with Crippen LogP contribution in [-0.2, 0) is 0 Å². The Hall–Kier alpha value is -2.03. The molecule has 3 heteroatoms. The number of hydrogen-bond donors (Lipinski definition) is 0. The van der Waals surface area contributed by atoms with Crippen LogP contribution in [0.3, 0.4) is 0 Å². The van der Waals surface area contributed by atoms with Crippen LogP contribution in [0.5, 0.6) is 11.5 Å². The zero-order valence-electron chi connectivity index (χ0n) is 18.7. The van der Waals surface area contributed by atoms with Gasteiger partial charge in [-0.05, 0) is 48.7 Å². The largest absolute Gasteiger partial charge is 0.493 e. The molecule has 0 radical (unpaired) electrons. The third kappa shape index (κ3) is 9.34. The third-order valence-electron chi connectivity index (χ3n) is 5.38. The topological polar surface area (TPSA) is 31.4 Å². The van der Waals surface area contributed by atoms with Crippen molar-refractivity contribution in [2.45, 2.75) is 78.6 Å². The van der Waals surface area contributed by atoms with E-state index in [0.29, 0.717) is 5.92 Å². The van der Waals surface area contributed by atoms with E-state index in [9.17, 15) is 0 Å². The van der Waals surface area contributed by atoms with Crippen molar-refractivity contribution in [3.8, 4) is 22.8 Å². The molecule has 0 amide bonds. The Kier molecular flexibility index (Phi) is 11.3. The zero-order valence-corrected chi connectivity index (χ0v) is 18.7. The minimum atomic E-state index is 0.578. The van der Waals surface area contributed by atoms with Gasteiger partial charge in [-0.1, -0.05) is 72.1 Å². The van der Waals surface area contributed by atoms with Gasteiger partial charge in [-0.15, -0.1) is 0 Å². The van der Waals surface area contributed by atoms with Crippen molar-refractivity contribution in [2.24, 2.45) is 5.92 Å². The maximum Gasteiger partial charge on any atom is 0.137 e. The molecule has 0 aliphatic heterocycles. The molecule has 1 aromatic carbocycles. The lowest BCUT2D eigenvalue weighted by molar-refractivity contribution is 0.256. The van der Waals surface area contributed by atoms with E-state index < -0.39 is 0 Å².